The van der Waals surface area contributed by atoms with Gasteiger partial charge in [-0.15, -0.1) is 0 Å². The van der Waals surface area contributed by atoms with E-state index in [9.17, 15) is 8.42 Å². The van der Waals surface area contributed by atoms with Gasteiger partial charge in [-0.2, -0.15) is 0 Å². The van der Waals surface area contributed by atoms with Crippen molar-refractivity contribution in [3.63, 3.8) is 0 Å². The molecule has 0 bridgehead atoms. The van der Waals surface area contributed by atoms with Crippen LogP contribution in [0.1, 0.15) is 12.0 Å². The summed E-state index contributed by atoms with van der Waals surface area (Å²) in [6.45, 7) is 1.37. The zero-order valence-electron chi connectivity index (χ0n) is 10.7. The van der Waals surface area contributed by atoms with E-state index in [0.29, 0.717) is 13.0 Å². The first-order valence-corrected chi connectivity index (χ1v) is 7.95. The van der Waals surface area contributed by atoms with Gasteiger partial charge in [0.2, 0.25) is 10.0 Å². The molecule has 0 saturated heterocycles. The fourth-order valence-corrected chi connectivity index (χ4v) is 2.53. The minimum atomic E-state index is -3.34. The Balaban J connectivity index is 1.85. The Bertz CT molecular complexity index is 653. The first kappa shape index (κ1) is 14.0. The number of hydrogen-bond acceptors (Lipinski definition) is 3. The molecule has 2 aromatic rings. The molecule has 0 radical (unpaired) electrons. The first-order chi connectivity index (χ1) is 9.04. The fourth-order valence-electron chi connectivity index (χ4n) is 1.98. The van der Waals surface area contributed by atoms with Crippen molar-refractivity contribution in [3.8, 4) is 0 Å². The van der Waals surface area contributed by atoms with Crippen molar-refractivity contribution in [1.82, 2.24) is 5.32 Å². The Labute approximate surface area is 113 Å². The lowest BCUT2D eigenvalue weighted by atomic mass is 10.1. The molecule has 4 nitrogen and oxygen atoms in total. The summed E-state index contributed by atoms with van der Waals surface area (Å²) < 4.78 is 21.5. The molecule has 19 heavy (non-hydrogen) atoms. The molecule has 0 aliphatic heterocycles. The van der Waals surface area contributed by atoms with Gasteiger partial charge in [0.25, 0.3) is 0 Å². The van der Waals surface area contributed by atoms with Gasteiger partial charge in [-0.25, -0.2) is 13.6 Å². The minimum absolute atomic E-state index is 0.0255. The van der Waals surface area contributed by atoms with E-state index in [1.54, 1.807) is 0 Å². The van der Waals surface area contributed by atoms with Crippen LogP contribution in [0.3, 0.4) is 0 Å². The molecule has 3 N–H and O–H groups in total. The van der Waals surface area contributed by atoms with Crippen LogP contribution in [-0.4, -0.2) is 20.7 Å². The van der Waals surface area contributed by atoms with Crippen LogP contribution in [0.15, 0.2) is 42.5 Å². The van der Waals surface area contributed by atoms with Gasteiger partial charge in [0, 0.05) is 6.54 Å². The van der Waals surface area contributed by atoms with Crippen LogP contribution in [-0.2, 0) is 16.6 Å². The predicted molar refractivity (Wildman–Crippen MR) is 78.2 cm³/mol. The number of nitrogens with one attached hydrogen (secondary N) is 1. The van der Waals surface area contributed by atoms with Crippen molar-refractivity contribution in [3.05, 3.63) is 48.0 Å². The lowest BCUT2D eigenvalue weighted by molar-refractivity contribution is 0.590. The van der Waals surface area contributed by atoms with E-state index >= 15 is 0 Å². The van der Waals surface area contributed by atoms with Crippen LogP contribution in [0, 0.1) is 0 Å². The molecule has 2 aromatic carbocycles. The topological polar surface area (TPSA) is 72.2 Å². The number of sulfonamides is 1. The second-order valence-electron chi connectivity index (χ2n) is 4.58. The quantitative estimate of drug-likeness (QED) is 0.788. The van der Waals surface area contributed by atoms with Crippen LogP contribution in [0.25, 0.3) is 10.8 Å². The third-order valence-electron chi connectivity index (χ3n) is 2.93. The van der Waals surface area contributed by atoms with Crippen LogP contribution in [0.4, 0.5) is 0 Å². The third-order valence-corrected chi connectivity index (χ3v) is 3.78. The van der Waals surface area contributed by atoms with E-state index in [0.717, 1.165) is 6.54 Å². The van der Waals surface area contributed by atoms with Crippen molar-refractivity contribution in [2.45, 2.75) is 13.0 Å². The largest absolute Gasteiger partial charge is 0.313 e. The summed E-state index contributed by atoms with van der Waals surface area (Å²) in [4.78, 5) is 0. The highest BCUT2D eigenvalue weighted by Crippen LogP contribution is 2.15. The number of primary sulfonamides is 1. The maximum absolute atomic E-state index is 10.8. The summed E-state index contributed by atoms with van der Waals surface area (Å²) in [5, 5.41) is 10.6. The highest BCUT2D eigenvalue weighted by atomic mass is 32.2. The number of hydrogen-bond donors (Lipinski definition) is 2. The summed E-state index contributed by atoms with van der Waals surface area (Å²) in [7, 11) is -3.34. The number of fused-ring (bicyclic) bond motifs is 1. The van der Waals surface area contributed by atoms with Gasteiger partial charge in [-0.05, 0) is 35.4 Å². The average molecular weight is 278 g/mol. The summed E-state index contributed by atoms with van der Waals surface area (Å²) in [6.07, 6.45) is 0.534. The standard InChI is InChI=1S/C14H18N2O2S/c15-19(17,18)9-3-8-16-11-12-6-7-13-4-1-2-5-14(13)10-12/h1-2,4-7,10,16H,3,8-9,11H2,(H2,15,17,18). The van der Waals surface area contributed by atoms with Crippen molar-refractivity contribution >= 4 is 20.8 Å². The molecule has 0 aromatic heterocycles. The van der Waals surface area contributed by atoms with Crippen LogP contribution in [0.5, 0.6) is 0 Å². The van der Waals surface area contributed by atoms with Crippen molar-refractivity contribution < 1.29 is 8.42 Å². The van der Waals surface area contributed by atoms with E-state index in [1.165, 1.54) is 16.3 Å². The molecule has 0 fully saturated rings. The Morgan fingerprint density at radius 1 is 1.05 bits per heavy atom. The maximum Gasteiger partial charge on any atom is 0.209 e. The van der Waals surface area contributed by atoms with E-state index in [2.05, 4.69) is 35.6 Å². The number of nitrogens with two attached hydrogens (primary N) is 1. The van der Waals surface area contributed by atoms with E-state index in [4.69, 9.17) is 5.14 Å². The lowest BCUT2D eigenvalue weighted by Gasteiger charge is -2.06. The first-order valence-electron chi connectivity index (χ1n) is 6.23. The van der Waals surface area contributed by atoms with Crippen LogP contribution >= 0.6 is 0 Å². The van der Waals surface area contributed by atoms with Gasteiger partial charge in [0.05, 0.1) is 5.75 Å². The summed E-state index contributed by atoms with van der Waals surface area (Å²) in [5.41, 5.74) is 1.19. The molecule has 0 aliphatic carbocycles. The number of benzene rings is 2. The Morgan fingerprint density at radius 2 is 1.79 bits per heavy atom. The van der Waals surface area contributed by atoms with Gasteiger partial charge >= 0.3 is 0 Å². The normalized spacial score (nSPS) is 11.8. The maximum atomic E-state index is 10.8. The summed E-state index contributed by atoms with van der Waals surface area (Å²) in [5.74, 6) is 0.0255. The van der Waals surface area contributed by atoms with Crippen molar-refractivity contribution in [1.29, 1.82) is 0 Å². The SMILES string of the molecule is NS(=O)(=O)CCCNCc1ccc2ccccc2c1. The Hall–Kier alpha value is -1.43. The second-order valence-corrected chi connectivity index (χ2v) is 6.31. The molecular weight excluding hydrogens is 260 g/mol. The molecule has 102 valence electrons. The molecule has 0 unspecified atom stereocenters. The molecule has 0 saturated carbocycles. The Morgan fingerprint density at radius 3 is 2.53 bits per heavy atom. The molecule has 0 atom stereocenters. The second kappa shape index (κ2) is 6.14. The molecule has 0 aliphatic rings. The van der Waals surface area contributed by atoms with Gasteiger partial charge in [0.1, 0.15) is 0 Å². The zero-order valence-corrected chi connectivity index (χ0v) is 11.5. The summed E-state index contributed by atoms with van der Waals surface area (Å²) >= 11 is 0. The van der Waals surface area contributed by atoms with Gasteiger partial charge in [-0.1, -0.05) is 36.4 Å². The highest BCUT2D eigenvalue weighted by molar-refractivity contribution is 7.89. The van der Waals surface area contributed by atoms with E-state index < -0.39 is 10.0 Å². The number of rotatable bonds is 6. The minimum Gasteiger partial charge on any atom is -0.313 e. The fraction of sp³-hybridized carbons (Fsp3) is 0.286. The molecular formula is C14H18N2O2S. The van der Waals surface area contributed by atoms with Crippen molar-refractivity contribution in [2.75, 3.05) is 12.3 Å². The van der Waals surface area contributed by atoms with Crippen LogP contribution < -0.4 is 10.5 Å². The van der Waals surface area contributed by atoms with Gasteiger partial charge in [-0.3, -0.25) is 0 Å². The zero-order chi connectivity index (χ0) is 13.7. The van der Waals surface area contributed by atoms with E-state index in [1.807, 2.05) is 12.1 Å². The summed E-state index contributed by atoms with van der Waals surface area (Å²) in [6, 6.07) is 14.5. The monoisotopic (exact) mass is 278 g/mol. The molecule has 0 amide bonds. The third kappa shape index (κ3) is 4.63. The highest BCUT2D eigenvalue weighted by Gasteiger charge is 2.01. The van der Waals surface area contributed by atoms with Gasteiger partial charge < -0.3 is 5.32 Å². The smallest absolute Gasteiger partial charge is 0.209 e. The lowest BCUT2D eigenvalue weighted by Crippen LogP contribution is -2.22. The molecule has 5 heteroatoms. The van der Waals surface area contributed by atoms with Crippen molar-refractivity contribution in [2.24, 2.45) is 5.14 Å². The van der Waals surface area contributed by atoms with Gasteiger partial charge in [0.15, 0.2) is 0 Å². The van der Waals surface area contributed by atoms with E-state index in [-0.39, 0.29) is 5.75 Å². The Kier molecular flexibility index (Phi) is 4.52. The average Bonchev–Trinajstić information content (AvgIpc) is 2.37. The molecule has 0 spiro atoms. The predicted octanol–water partition coefficient (Wildman–Crippen LogP) is 1.61. The molecule has 0 heterocycles. The molecule has 2 rings (SSSR count). The van der Waals surface area contributed by atoms with Crippen LogP contribution in [0.2, 0.25) is 0 Å².